The van der Waals surface area contributed by atoms with Crippen LogP contribution in [0.5, 0.6) is 0 Å². The molecule has 0 radical (unpaired) electrons. The number of hydrogen-bond donors (Lipinski definition) is 1. The Balaban J connectivity index is 2.51. The highest BCUT2D eigenvalue weighted by molar-refractivity contribution is 5.73. The molecule has 2 nitrogen and oxygen atoms in total. The van der Waals surface area contributed by atoms with Gasteiger partial charge < -0.3 is 5.32 Å². The number of amides is 1. The molecule has 1 rings (SSSR count). The fourth-order valence-electron chi connectivity index (χ4n) is 1.93. The molecule has 0 saturated heterocycles. The molecule has 1 atom stereocenters. The van der Waals surface area contributed by atoms with Gasteiger partial charge in [-0.3, -0.25) is 4.79 Å². The van der Waals surface area contributed by atoms with Gasteiger partial charge in [0.2, 0.25) is 5.91 Å². The molecule has 0 fully saturated rings. The summed E-state index contributed by atoms with van der Waals surface area (Å²) in [7, 11) is 0. The smallest absolute Gasteiger partial charge is 0.217 e. The van der Waals surface area contributed by atoms with Gasteiger partial charge in [0.15, 0.2) is 0 Å². The van der Waals surface area contributed by atoms with Crippen LogP contribution in [-0.4, -0.2) is 11.9 Å². The van der Waals surface area contributed by atoms with Crippen molar-refractivity contribution in [1.82, 2.24) is 5.32 Å². The molecule has 1 aliphatic rings. The Morgan fingerprint density at radius 3 is 2.50 bits per heavy atom. The number of rotatable bonds is 1. The fraction of sp³-hybridized carbons (Fsp3) is 0.750. The largest absolute Gasteiger partial charge is 0.353 e. The second-order valence-electron chi connectivity index (χ2n) is 5.15. The molecule has 1 unspecified atom stereocenters. The Morgan fingerprint density at radius 1 is 1.50 bits per heavy atom. The van der Waals surface area contributed by atoms with E-state index in [-0.39, 0.29) is 5.91 Å². The molecular formula is C12H21NO. The third kappa shape index (κ3) is 3.17. The maximum atomic E-state index is 10.9. The van der Waals surface area contributed by atoms with E-state index in [9.17, 15) is 4.79 Å². The van der Waals surface area contributed by atoms with Crippen LogP contribution in [0.2, 0.25) is 0 Å². The minimum absolute atomic E-state index is 0.0857. The molecule has 0 aromatic heterocycles. The highest BCUT2D eigenvalue weighted by Crippen LogP contribution is 2.32. The summed E-state index contributed by atoms with van der Waals surface area (Å²) in [5.74, 6) is 0.0857. The minimum Gasteiger partial charge on any atom is -0.353 e. The number of carbonyl (C=O) groups excluding carboxylic acids is 1. The van der Waals surface area contributed by atoms with E-state index < -0.39 is 0 Å². The van der Waals surface area contributed by atoms with Crippen LogP contribution in [0.15, 0.2) is 11.6 Å². The summed E-state index contributed by atoms with van der Waals surface area (Å²) in [5, 5.41) is 2.97. The topological polar surface area (TPSA) is 29.1 Å². The third-order valence-electron chi connectivity index (χ3n) is 2.78. The summed E-state index contributed by atoms with van der Waals surface area (Å²) in [6, 6.07) is 0.360. The summed E-state index contributed by atoms with van der Waals surface area (Å²) in [6.07, 6.45) is 5.49. The molecule has 0 saturated carbocycles. The highest BCUT2D eigenvalue weighted by atomic mass is 16.1. The van der Waals surface area contributed by atoms with Gasteiger partial charge in [0.25, 0.3) is 0 Å². The molecule has 1 N–H and O–H groups in total. The molecule has 0 aromatic carbocycles. The maximum Gasteiger partial charge on any atom is 0.217 e. The standard InChI is InChI=1S/C12H21NO/c1-9(14)13-11-7-5-10(6-8-11)12(2,3)4/h5,11H,6-8H2,1-4H3,(H,13,14). The van der Waals surface area contributed by atoms with Crippen molar-refractivity contribution < 1.29 is 4.79 Å². The molecule has 0 heterocycles. The van der Waals surface area contributed by atoms with Gasteiger partial charge in [-0.25, -0.2) is 0 Å². The molecule has 0 aromatic rings. The number of carbonyl (C=O) groups is 1. The number of nitrogens with one attached hydrogen (secondary N) is 1. The van der Waals surface area contributed by atoms with Crippen LogP contribution in [0.3, 0.4) is 0 Å². The van der Waals surface area contributed by atoms with E-state index in [0.717, 1.165) is 19.3 Å². The van der Waals surface area contributed by atoms with Crippen LogP contribution in [-0.2, 0) is 4.79 Å². The lowest BCUT2D eigenvalue weighted by Crippen LogP contribution is -2.34. The molecule has 2 heteroatoms. The van der Waals surface area contributed by atoms with Gasteiger partial charge in [-0.05, 0) is 24.7 Å². The maximum absolute atomic E-state index is 10.9. The number of allylic oxidation sites excluding steroid dienone is 1. The summed E-state index contributed by atoms with van der Waals surface area (Å²) in [5.41, 5.74) is 1.82. The zero-order valence-corrected chi connectivity index (χ0v) is 9.68. The Morgan fingerprint density at radius 2 is 2.14 bits per heavy atom. The predicted molar refractivity (Wildman–Crippen MR) is 59.0 cm³/mol. The van der Waals surface area contributed by atoms with E-state index in [1.54, 1.807) is 6.92 Å². The Labute approximate surface area is 86.8 Å². The summed E-state index contributed by atoms with van der Waals surface area (Å²) >= 11 is 0. The van der Waals surface area contributed by atoms with Crippen LogP contribution in [0.4, 0.5) is 0 Å². The van der Waals surface area contributed by atoms with Crippen LogP contribution < -0.4 is 5.32 Å². The first-order chi connectivity index (χ1) is 6.39. The highest BCUT2D eigenvalue weighted by Gasteiger charge is 2.22. The van der Waals surface area contributed by atoms with Crippen LogP contribution in [0, 0.1) is 5.41 Å². The summed E-state index contributed by atoms with van der Waals surface area (Å²) in [6.45, 7) is 8.33. The van der Waals surface area contributed by atoms with Crippen molar-refractivity contribution in [2.75, 3.05) is 0 Å². The van der Waals surface area contributed by atoms with Crippen molar-refractivity contribution in [2.45, 2.75) is 53.0 Å². The van der Waals surface area contributed by atoms with Gasteiger partial charge in [-0.2, -0.15) is 0 Å². The van der Waals surface area contributed by atoms with E-state index in [1.807, 2.05) is 0 Å². The minimum atomic E-state index is 0.0857. The van der Waals surface area contributed by atoms with Gasteiger partial charge in [0.05, 0.1) is 0 Å². The van der Waals surface area contributed by atoms with Gasteiger partial charge in [0.1, 0.15) is 0 Å². The summed E-state index contributed by atoms with van der Waals surface area (Å²) < 4.78 is 0. The average molecular weight is 195 g/mol. The summed E-state index contributed by atoms with van der Waals surface area (Å²) in [4.78, 5) is 10.9. The lowest BCUT2D eigenvalue weighted by atomic mass is 9.79. The molecule has 0 spiro atoms. The molecule has 80 valence electrons. The first kappa shape index (κ1) is 11.3. The first-order valence-electron chi connectivity index (χ1n) is 5.36. The Hall–Kier alpha value is -0.790. The van der Waals surface area contributed by atoms with Crippen LogP contribution in [0.25, 0.3) is 0 Å². The molecule has 0 bridgehead atoms. The molecule has 1 amide bonds. The van der Waals surface area contributed by atoms with Crippen molar-refractivity contribution in [2.24, 2.45) is 5.41 Å². The predicted octanol–water partition coefficient (Wildman–Crippen LogP) is 2.65. The zero-order valence-electron chi connectivity index (χ0n) is 9.68. The lowest BCUT2D eigenvalue weighted by Gasteiger charge is -2.29. The first-order valence-corrected chi connectivity index (χ1v) is 5.36. The van der Waals surface area contributed by atoms with E-state index in [0.29, 0.717) is 11.5 Å². The van der Waals surface area contributed by atoms with Gasteiger partial charge in [-0.1, -0.05) is 32.4 Å². The second kappa shape index (κ2) is 4.16. The Kier molecular flexibility index (Phi) is 3.35. The quantitative estimate of drug-likeness (QED) is 0.640. The van der Waals surface area contributed by atoms with Crippen molar-refractivity contribution in [1.29, 1.82) is 0 Å². The van der Waals surface area contributed by atoms with E-state index in [1.165, 1.54) is 5.57 Å². The molecule has 14 heavy (non-hydrogen) atoms. The van der Waals surface area contributed by atoms with Crippen LogP contribution >= 0.6 is 0 Å². The number of hydrogen-bond acceptors (Lipinski definition) is 1. The van der Waals surface area contributed by atoms with Gasteiger partial charge in [-0.15, -0.1) is 0 Å². The van der Waals surface area contributed by atoms with Gasteiger partial charge in [0, 0.05) is 13.0 Å². The van der Waals surface area contributed by atoms with Crippen molar-refractivity contribution in [3.05, 3.63) is 11.6 Å². The van der Waals surface area contributed by atoms with E-state index >= 15 is 0 Å². The second-order valence-corrected chi connectivity index (χ2v) is 5.15. The van der Waals surface area contributed by atoms with Crippen molar-refractivity contribution >= 4 is 5.91 Å². The van der Waals surface area contributed by atoms with Gasteiger partial charge >= 0.3 is 0 Å². The molecule has 0 aliphatic heterocycles. The van der Waals surface area contributed by atoms with E-state index in [2.05, 4.69) is 32.2 Å². The SMILES string of the molecule is CC(=O)NC1CC=C(C(C)(C)C)CC1. The monoisotopic (exact) mass is 195 g/mol. The normalized spacial score (nSPS) is 22.9. The Bertz CT molecular complexity index is 248. The molecular weight excluding hydrogens is 174 g/mol. The fourth-order valence-corrected chi connectivity index (χ4v) is 1.93. The van der Waals surface area contributed by atoms with Crippen LogP contribution in [0.1, 0.15) is 47.0 Å². The van der Waals surface area contributed by atoms with E-state index in [4.69, 9.17) is 0 Å². The third-order valence-corrected chi connectivity index (χ3v) is 2.78. The molecule has 1 aliphatic carbocycles. The lowest BCUT2D eigenvalue weighted by molar-refractivity contribution is -0.119. The van der Waals surface area contributed by atoms with Crippen molar-refractivity contribution in [3.8, 4) is 0 Å². The average Bonchev–Trinajstić information content (AvgIpc) is 2.02. The van der Waals surface area contributed by atoms with Crippen molar-refractivity contribution in [3.63, 3.8) is 0 Å². The zero-order chi connectivity index (χ0) is 10.8.